The summed E-state index contributed by atoms with van der Waals surface area (Å²) < 4.78 is 10.9. The second-order valence-electron chi connectivity index (χ2n) is 6.10. The van der Waals surface area contributed by atoms with Gasteiger partial charge in [0, 0.05) is 5.69 Å². The first-order valence-corrected chi connectivity index (χ1v) is 8.77. The van der Waals surface area contributed by atoms with Crippen molar-refractivity contribution in [3.63, 3.8) is 0 Å². The van der Waals surface area contributed by atoms with Crippen LogP contribution in [0.4, 0.5) is 10.5 Å². The van der Waals surface area contributed by atoms with Crippen molar-refractivity contribution in [2.75, 3.05) is 11.9 Å². The largest absolute Gasteiger partial charge is 0.467 e. The Morgan fingerprint density at radius 3 is 2.25 bits per heavy atom. The standard InChI is InChI=1S/C21H21N3O4/c1-15-4-8-17(9-5-15)28-18-10-6-16(7-11-18)24-20(25)14-23-21(26)22-13-19-3-2-12-27-19/h2-12H,13-14H2,1H3,(H,24,25)(H2,22,23,26). The van der Waals surface area contributed by atoms with Gasteiger partial charge < -0.3 is 25.1 Å². The van der Waals surface area contributed by atoms with Crippen LogP contribution in [0.2, 0.25) is 0 Å². The Bertz CT molecular complexity index is 904. The highest BCUT2D eigenvalue weighted by molar-refractivity contribution is 5.94. The molecule has 2 aromatic carbocycles. The smallest absolute Gasteiger partial charge is 0.315 e. The Hall–Kier alpha value is -3.74. The van der Waals surface area contributed by atoms with E-state index < -0.39 is 6.03 Å². The molecule has 0 saturated heterocycles. The third-order valence-electron chi connectivity index (χ3n) is 3.81. The highest BCUT2D eigenvalue weighted by atomic mass is 16.5. The third-order valence-corrected chi connectivity index (χ3v) is 3.81. The van der Waals surface area contributed by atoms with Gasteiger partial charge in [0.15, 0.2) is 0 Å². The Labute approximate surface area is 162 Å². The molecule has 0 aliphatic carbocycles. The van der Waals surface area contributed by atoms with Crippen molar-refractivity contribution in [2.45, 2.75) is 13.5 Å². The number of rotatable bonds is 7. The Balaban J connectivity index is 1.41. The molecule has 1 aromatic heterocycles. The molecule has 3 N–H and O–H groups in total. The van der Waals surface area contributed by atoms with E-state index in [1.165, 1.54) is 6.26 Å². The van der Waals surface area contributed by atoms with Crippen molar-refractivity contribution in [1.82, 2.24) is 10.6 Å². The number of anilines is 1. The molecule has 0 fully saturated rings. The number of carbonyl (C=O) groups is 2. The van der Waals surface area contributed by atoms with Gasteiger partial charge in [-0.1, -0.05) is 17.7 Å². The van der Waals surface area contributed by atoms with E-state index >= 15 is 0 Å². The second kappa shape index (κ2) is 9.27. The molecule has 0 unspecified atom stereocenters. The van der Waals surface area contributed by atoms with Crippen molar-refractivity contribution in [3.8, 4) is 11.5 Å². The number of hydrogen-bond donors (Lipinski definition) is 3. The lowest BCUT2D eigenvalue weighted by Gasteiger charge is -2.09. The summed E-state index contributed by atoms with van der Waals surface area (Å²) in [5.41, 5.74) is 1.77. The van der Waals surface area contributed by atoms with E-state index in [4.69, 9.17) is 9.15 Å². The maximum atomic E-state index is 12.0. The number of amides is 3. The zero-order valence-electron chi connectivity index (χ0n) is 15.4. The minimum absolute atomic E-state index is 0.147. The van der Waals surface area contributed by atoms with Crippen LogP contribution >= 0.6 is 0 Å². The minimum Gasteiger partial charge on any atom is -0.467 e. The van der Waals surface area contributed by atoms with Crippen LogP contribution < -0.4 is 20.7 Å². The molecule has 0 aliphatic heterocycles. The molecular weight excluding hydrogens is 358 g/mol. The number of ether oxygens (including phenoxy) is 1. The van der Waals surface area contributed by atoms with Crippen LogP contribution in [0, 0.1) is 6.92 Å². The number of nitrogens with one attached hydrogen (secondary N) is 3. The lowest BCUT2D eigenvalue weighted by Crippen LogP contribution is -2.39. The summed E-state index contributed by atoms with van der Waals surface area (Å²) in [7, 11) is 0. The molecular formula is C21H21N3O4. The Kier molecular flexibility index (Phi) is 6.30. The fourth-order valence-corrected chi connectivity index (χ4v) is 2.36. The lowest BCUT2D eigenvalue weighted by molar-refractivity contribution is -0.115. The Morgan fingerprint density at radius 2 is 1.61 bits per heavy atom. The average molecular weight is 379 g/mol. The van der Waals surface area contributed by atoms with Crippen LogP contribution in [0.3, 0.4) is 0 Å². The minimum atomic E-state index is -0.451. The highest BCUT2D eigenvalue weighted by Gasteiger charge is 2.07. The number of hydrogen-bond acceptors (Lipinski definition) is 4. The van der Waals surface area contributed by atoms with E-state index in [1.54, 1.807) is 36.4 Å². The number of aryl methyl sites for hydroxylation is 1. The van der Waals surface area contributed by atoms with Gasteiger partial charge in [-0.3, -0.25) is 4.79 Å². The van der Waals surface area contributed by atoms with E-state index in [-0.39, 0.29) is 19.0 Å². The molecule has 3 rings (SSSR count). The summed E-state index contributed by atoms with van der Waals surface area (Å²) >= 11 is 0. The van der Waals surface area contributed by atoms with Gasteiger partial charge in [0.1, 0.15) is 17.3 Å². The van der Waals surface area contributed by atoms with Crippen molar-refractivity contribution in [3.05, 3.63) is 78.3 Å². The van der Waals surface area contributed by atoms with Crippen molar-refractivity contribution < 1.29 is 18.7 Å². The van der Waals surface area contributed by atoms with E-state index in [2.05, 4.69) is 16.0 Å². The molecule has 7 heteroatoms. The number of benzene rings is 2. The molecule has 0 saturated carbocycles. The summed E-state index contributed by atoms with van der Waals surface area (Å²) in [5, 5.41) is 7.79. The van der Waals surface area contributed by atoms with Crippen LogP contribution in [0.15, 0.2) is 71.3 Å². The molecule has 3 aromatic rings. The SMILES string of the molecule is Cc1ccc(Oc2ccc(NC(=O)CNC(=O)NCc3ccco3)cc2)cc1. The first-order valence-electron chi connectivity index (χ1n) is 8.77. The van der Waals surface area contributed by atoms with Crippen LogP contribution in [0.25, 0.3) is 0 Å². The lowest BCUT2D eigenvalue weighted by atomic mass is 10.2. The maximum Gasteiger partial charge on any atom is 0.315 e. The van der Waals surface area contributed by atoms with Gasteiger partial charge in [0.05, 0.1) is 19.4 Å². The maximum absolute atomic E-state index is 12.0. The molecule has 0 bridgehead atoms. The summed E-state index contributed by atoms with van der Waals surface area (Å²) in [6.45, 7) is 2.12. The Morgan fingerprint density at radius 1 is 0.929 bits per heavy atom. The normalized spacial score (nSPS) is 10.2. The second-order valence-corrected chi connectivity index (χ2v) is 6.10. The summed E-state index contributed by atoms with van der Waals surface area (Å²) in [4.78, 5) is 23.6. The van der Waals surface area contributed by atoms with E-state index in [0.29, 0.717) is 17.2 Å². The molecule has 0 spiro atoms. The molecule has 0 radical (unpaired) electrons. The van der Waals surface area contributed by atoms with Gasteiger partial charge in [-0.25, -0.2) is 4.79 Å². The quantitative estimate of drug-likeness (QED) is 0.582. The van der Waals surface area contributed by atoms with Crippen molar-refractivity contribution >= 4 is 17.6 Å². The molecule has 1 heterocycles. The van der Waals surface area contributed by atoms with Crippen molar-refractivity contribution in [1.29, 1.82) is 0 Å². The van der Waals surface area contributed by atoms with Gasteiger partial charge in [0.25, 0.3) is 0 Å². The summed E-state index contributed by atoms with van der Waals surface area (Å²) in [6.07, 6.45) is 1.53. The van der Waals surface area contributed by atoms with Gasteiger partial charge in [0.2, 0.25) is 5.91 Å². The first kappa shape index (κ1) is 19.0. The van der Waals surface area contributed by atoms with E-state index in [0.717, 1.165) is 11.3 Å². The summed E-state index contributed by atoms with van der Waals surface area (Å²) in [6, 6.07) is 17.8. The van der Waals surface area contributed by atoms with Gasteiger partial charge in [-0.2, -0.15) is 0 Å². The van der Waals surface area contributed by atoms with E-state index in [9.17, 15) is 9.59 Å². The number of urea groups is 1. The zero-order chi connectivity index (χ0) is 19.8. The molecule has 0 aliphatic rings. The van der Waals surface area contributed by atoms with Crippen LogP contribution in [0.1, 0.15) is 11.3 Å². The average Bonchev–Trinajstić information content (AvgIpc) is 3.22. The third kappa shape index (κ3) is 5.91. The molecule has 0 atom stereocenters. The van der Waals surface area contributed by atoms with Crippen molar-refractivity contribution in [2.24, 2.45) is 0 Å². The predicted octanol–water partition coefficient (Wildman–Crippen LogP) is 3.82. The molecule has 3 amide bonds. The topological polar surface area (TPSA) is 92.6 Å². The first-order chi connectivity index (χ1) is 13.6. The van der Waals surface area contributed by atoms with Gasteiger partial charge in [-0.15, -0.1) is 0 Å². The van der Waals surface area contributed by atoms with Crippen LogP contribution in [0.5, 0.6) is 11.5 Å². The molecule has 28 heavy (non-hydrogen) atoms. The van der Waals surface area contributed by atoms with E-state index in [1.807, 2.05) is 31.2 Å². The van der Waals surface area contributed by atoms with Crippen LogP contribution in [-0.2, 0) is 11.3 Å². The molecule has 7 nitrogen and oxygen atoms in total. The highest BCUT2D eigenvalue weighted by Crippen LogP contribution is 2.23. The monoisotopic (exact) mass is 379 g/mol. The number of furan rings is 1. The fourth-order valence-electron chi connectivity index (χ4n) is 2.36. The predicted molar refractivity (Wildman–Crippen MR) is 105 cm³/mol. The molecule has 144 valence electrons. The summed E-state index contributed by atoms with van der Waals surface area (Å²) in [5.74, 6) is 1.71. The van der Waals surface area contributed by atoms with Gasteiger partial charge >= 0.3 is 6.03 Å². The zero-order valence-corrected chi connectivity index (χ0v) is 15.4. The number of carbonyl (C=O) groups excluding carboxylic acids is 2. The van der Waals surface area contributed by atoms with Gasteiger partial charge in [-0.05, 0) is 55.5 Å². The fraction of sp³-hybridized carbons (Fsp3) is 0.143. The van der Waals surface area contributed by atoms with Crippen LogP contribution in [-0.4, -0.2) is 18.5 Å².